The van der Waals surface area contributed by atoms with Crippen LogP contribution in [0.4, 0.5) is 0 Å². The third-order valence-electron chi connectivity index (χ3n) is 7.88. The molecule has 4 amide bonds. The zero-order valence-corrected chi connectivity index (χ0v) is 19.9. The van der Waals surface area contributed by atoms with Gasteiger partial charge in [0.2, 0.25) is 11.8 Å². The van der Waals surface area contributed by atoms with Gasteiger partial charge < -0.3 is 14.5 Å². The molecule has 6 rings (SSSR count). The number of hydrogen-bond acceptors (Lipinski definition) is 7. The number of rotatable bonds is 3. The molecule has 1 aromatic carbocycles. The summed E-state index contributed by atoms with van der Waals surface area (Å²) >= 11 is 0. The molecule has 0 radical (unpaired) electrons. The fraction of sp³-hybridized carbons (Fsp3) is 0.520. The molecule has 11 heteroatoms. The normalized spacial score (nSPS) is 23.7. The van der Waals surface area contributed by atoms with Crippen molar-refractivity contribution < 1.29 is 23.9 Å². The first-order valence-electron chi connectivity index (χ1n) is 12.6. The maximum Gasteiger partial charge on any atom is 0.276 e. The van der Waals surface area contributed by atoms with Gasteiger partial charge in [0, 0.05) is 31.7 Å². The molecule has 2 saturated heterocycles. The van der Waals surface area contributed by atoms with Crippen molar-refractivity contribution in [2.24, 2.45) is 0 Å². The molecule has 1 saturated carbocycles. The van der Waals surface area contributed by atoms with Crippen LogP contribution >= 0.6 is 0 Å². The predicted molar refractivity (Wildman–Crippen MR) is 125 cm³/mol. The fourth-order valence-electron chi connectivity index (χ4n) is 6.00. The highest BCUT2D eigenvalue weighted by Gasteiger charge is 2.44. The third-order valence-corrected chi connectivity index (χ3v) is 7.88. The van der Waals surface area contributed by atoms with E-state index in [9.17, 15) is 19.2 Å². The molecule has 1 N–H and O–H groups in total. The van der Waals surface area contributed by atoms with Gasteiger partial charge in [0.25, 0.3) is 11.8 Å². The second kappa shape index (κ2) is 8.81. The van der Waals surface area contributed by atoms with Crippen molar-refractivity contribution in [2.75, 3.05) is 19.8 Å². The van der Waals surface area contributed by atoms with Crippen LogP contribution in [-0.2, 0) is 20.9 Å². The molecule has 2 aromatic rings. The summed E-state index contributed by atoms with van der Waals surface area (Å²) in [4.78, 5) is 53.7. The van der Waals surface area contributed by atoms with E-state index in [1.54, 1.807) is 23.0 Å². The number of carbonyl (C=O) groups is 4. The molecule has 0 bridgehead atoms. The van der Waals surface area contributed by atoms with Crippen molar-refractivity contribution in [3.05, 3.63) is 41.2 Å². The lowest BCUT2D eigenvalue weighted by molar-refractivity contribution is -0.136. The highest BCUT2D eigenvalue weighted by molar-refractivity contribution is 6.05. The number of ether oxygens (including phenoxy) is 1. The van der Waals surface area contributed by atoms with Crippen LogP contribution in [0.25, 0.3) is 5.69 Å². The Balaban J connectivity index is 1.22. The SMILES string of the molecule is O=C1CCC(N2Cc3cc(-n4cc(C(=O)N5CCCOCC56CCCC6)nn4)ccc3C2=O)C(=O)N1. The van der Waals surface area contributed by atoms with Gasteiger partial charge in [-0.15, -0.1) is 5.10 Å². The molecule has 1 atom stereocenters. The van der Waals surface area contributed by atoms with E-state index in [0.717, 1.165) is 37.7 Å². The van der Waals surface area contributed by atoms with Gasteiger partial charge in [0.15, 0.2) is 5.69 Å². The fourth-order valence-corrected chi connectivity index (χ4v) is 6.00. The van der Waals surface area contributed by atoms with E-state index < -0.39 is 11.9 Å². The van der Waals surface area contributed by atoms with Crippen molar-refractivity contribution in [1.82, 2.24) is 30.1 Å². The molecular weight excluding hydrogens is 464 g/mol. The van der Waals surface area contributed by atoms with Crippen LogP contribution in [0.2, 0.25) is 0 Å². The molecular formula is C25H28N6O5. The average Bonchev–Trinajstić information content (AvgIpc) is 3.57. The van der Waals surface area contributed by atoms with Crippen LogP contribution in [0.5, 0.6) is 0 Å². The van der Waals surface area contributed by atoms with Crippen LogP contribution in [0.3, 0.4) is 0 Å². The van der Waals surface area contributed by atoms with Gasteiger partial charge in [0.1, 0.15) is 6.04 Å². The molecule has 4 heterocycles. The first kappa shape index (κ1) is 22.8. The van der Waals surface area contributed by atoms with E-state index >= 15 is 0 Å². The second-order valence-corrected chi connectivity index (χ2v) is 10.1. The molecule has 36 heavy (non-hydrogen) atoms. The Morgan fingerprint density at radius 2 is 1.97 bits per heavy atom. The van der Waals surface area contributed by atoms with E-state index in [-0.39, 0.29) is 41.9 Å². The van der Waals surface area contributed by atoms with Gasteiger partial charge in [0.05, 0.1) is 24.0 Å². The van der Waals surface area contributed by atoms with Crippen LogP contribution in [0.15, 0.2) is 24.4 Å². The van der Waals surface area contributed by atoms with Crippen LogP contribution in [0.1, 0.15) is 71.4 Å². The second-order valence-electron chi connectivity index (χ2n) is 10.1. The highest BCUT2D eigenvalue weighted by Crippen LogP contribution is 2.38. The summed E-state index contributed by atoms with van der Waals surface area (Å²) in [6, 6.07) is 4.63. The van der Waals surface area contributed by atoms with E-state index in [1.165, 1.54) is 4.90 Å². The topological polar surface area (TPSA) is 127 Å². The summed E-state index contributed by atoms with van der Waals surface area (Å²) in [6.45, 7) is 2.13. The maximum absolute atomic E-state index is 13.5. The van der Waals surface area contributed by atoms with Crippen molar-refractivity contribution in [2.45, 2.75) is 63.1 Å². The Kier molecular flexibility index (Phi) is 5.59. The summed E-state index contributed by atoms with van der Waals surface area (Å²) < 4.78 is 7.37. The summed E-state index contributed by atoms with van der Waals surface area (Å²) in [5.74, 6) is -1.11. The quantitative estimate of drug-likeness (QED) is 0.638. The summed E-state index contributed by atoms with van der Waals surface area (Å²) in [6.07, 6.45) is 7.01. The smallest absolute Gasteiger partial charge is 0.276 e. The van der Waals surface area contributed by atoms with Crippen molar-refractivity contribution in [3.8, 4) is 5.69 Å². The molecule has 1 unspecified atom stereocenters. The first-order valence-corrected chi connectivity index (χ1v) is 12.6. The predicted octanol–water partition coefficient (Wildman–Crippen LogP) is 1.20. The zero-order chi connectivity index (χ0) is 24.9. The van der Waals surface area contributed by atoms with Crippen LogP contribution in [0, 0.1) is 0 Å². The van der Waals surface area contributed by atoms with Crippen molar-refractivity contribution in [3.63, 3.8) is 0 Å². The molecule has 1 aromatic heterocycles. The Hall–Kier alpha value is -3.60. The van der Waals surface area contributed by atoms with Gasteiger partial charge in [-0.3, -0.25) is 24.5 Å². The lowest BCUT2D eigenvalue weighted by atomic mass is 9.95. The molecule has 11 nitrogen and oxygen atoms in total. The number of nitrogens with one attached hydrogen (secondary N) is 1. The van der Waals surface area contributed by atoms with E-state index in [4.69, 9.17) is 4.74 Å². The first-order chi connectivity index (χ1) is 17.4. The minimum absolute atomic E-state index is 0.131. The zero-order valence-electron chi connectivity index (χ0n) is 19.9. The lowest BCUT2D eigenvalue weighted by Crippen LogP contribution is -2.52. The summed E-state index contributed by atoms with van der Waals surface area (Å²) in [5.41, 5.74) is 1.98. The molecule has 1 spiro atoms. The van der Waals surface area contributed by atoms with Gasteiger partial charge in [-0.05, 0) is 49.4 Å². The largest absolute Gasteiger partial charge is 0.379 e. The number of imide groups is 1. The molecule has 3 aliphatic heterocycles. The monoisotopic (exact) mass is 492 g/mol. The van der Waals surface area contributed by atoms with Crippen molar-refractivity contribution >= 4 is 23.6 Å². The molecule has 3 fully saturated rings. The number of nitrogens with zero attached hydrogens (tertiary/aromatic N) is 5. The Morgan fingerprint density at radius 3 is 2.78 bits per heavy atom. The van der Waals surface area contributed by atoms with Crippen molar-refractivity contribution in [1.29, 1.82) is 0 Å². The van der Waals surface area contributed by atoms with Gasteiger partial charge in [-0.25, -0.2) is 4.68 Å². The van der Waals surface area contributed by atoms with Crippen LogP contribution < -0.4 is 5.32 Å². The minimum atomic E-state index is -0.665. The summed E-state index contributed by atoms with van der Waals surface area (Å²) in [5, 5.41) is 10.7. The minimum Gasteiger partial charge on any atom is -0.379 e. The molecule has 4 aliphatic rings. The number of benzene rings is 1. The number of amides is 4. The standard InChI is InChI=1S/C25H28N6O5/c32-21-7-6-20(22(33)26-21)29-13-16-12-17(4-5-18(16)23(29)34)31-14-19(27-28-31)24(35)30-10-3-11-36-15-25(30)8-1-2-9-25/h4-5,12,14,20H,1-3,6-11,13,15H2,(H,26,32,33). The van der Waals surface area contributed by atoms with Gasteiger partial charge >= 0.3 is 0 Å². The Morgan fingerprint density at radius 1 is 1.14 bits per heavy atom. The van der Waals surface area contributed by atoms with Gasteiger partial charge in [-0.2, -0.15) is 0 Å². The number of piperidine rings is 1. The molecule has 1 aliphatic carbocycles. The number of hydrogen-bond donors (Lipinski definition) is 1. The third kappa shape index (κ3) is 3.78. The maximum atomic E-state index is 13.5. The van der Waals surface area contributed by atoms with E-state index in [0.29, 0.717) is 37.4 Å². The average molecular weight is 493 g/mol. The number of fused-ring (bicyclic) bond motifs is 1. The van der Waals surface area contributed by atoms with Crippen LogP contribution in [-0.4, -0.2) is 79.8 Å². The highest BCUT2D eigenvalue weighted by atomic mass is 16.5. The van der Waals surface area contributed by atoms with E-state index in [2.05, 4.69) is 15.6 Å². The summed E-state index contributed by atoms with van der Waals surface area (Å²) in [7, 11) is 0. The molecule has 188 valence electrons. The lowest BCUT2D eigenvalue weighted by Gasteiger charge is -2.39. The van der Waals surface area contributed by atoms with Gasteiger partial charge in [-0.1, -0.05) is 18.1 Å². The number of carbonyl (C=O) groups excluding carboxylic acids is 4. The van der Waals surface area contributed by atoms with E-state index in [1.807, 2.05) is 11.0 Å². The Bertz CT molecular complexity index is 1250. The Labute approximate surface area is 207 Å². The number of aromatic nitrogens is 3.